The van der Waals surface area contributed by atoms with Crippen molar-refractivity contribution in [3.8, 4) is 17.4 Å². The molecule has 1 atom stereocenters. The predicted molar refractivity (Wildman–Crippen MR) is 136 cm³/mol. The predicted octanol–water partition coefficient (Wildman–Crippen LogP) is 3.87. The van der Waals surface area contributed by atoms with Crippen molar-refractivity contribution in [2.75, 3.05) is 32.1 Å². The molecular formula is C27H31N5O4. The van der Waals surface area contributed by atoms with E-state index < -0.39 is 5.91 Å². The highest BCUT2D eigenvalue weighted by molar-refractivity contribution is 5.92. The van der Waals surface area contributed by atoms with Gasteiger partial charge in [0, 0.05) is 49.7 Å². The maximum Gasteiger partial charge on any atom is 0.261 e. The average Bonchev–Trinajstić information content (AvgIpc) is 2.87. The Bertz CT molecular complexity index is 1230. The third kappa shape index (κ3) is 6.10. The fourth-order valence-corrected chi connectivity index (χ4v) is 4.15. The van der Waals surface area contributed by atoms with Crippen LogP contribution in [0.5, 0.6) is 17.4 Å². The van der Waals surface area contributed by atoms with Gasteiger partial charge in [-0.1, -0.05) is 6.07 Å². The molecule has 1 aliphatic rings. The van der Waals surface area contributed by atoms with E-state index in [-0.39, 0.29) is 18.6 Å². The second-order valence-corrected chi connectivity index (χ2v) is 8.98. The fourth-order valence-electron chi connectivity index (χ4n) is 4.15. The minimum atomic E-state index is -0.502. The Morgan fingerprint density at radius 1 is 1.06 bits per heavy atom. The van der Waals surface area contributed by atoms with Crippen molar-refractivity contribution in [2.24, 2.45) is 5.73 Å². The van der Waals surface area contributed by atoms with Gasteiger partial charge in [-0.3, -0.25) is 9.59 Å². The topological polar surface area (TPSA) is 111 Å². The largest absolute Gasteiger partial charge is 0.484 e. The highest BCUT2D eigenvalue weighted by atomic mass is 16.5. The molecule has 9 heteroatoms. The van der Waals surface area contributed by atoms with Crippen LogP contribution in [0.1, 0.15) is 47.2 Å². The van der Waals surface area contributed by atoms with Gasteiger partial charge in [0.25, 0.3) is 5.91 Å². The van der Waals surface area contributed by atoms with Crippen molar-refractivity contribution in [1.82, 2.24) is 14.9 Å². The van der Waals surface area contributed by atoms with Gasteiger partial charge in [0.1, 0.15) is 11.5 Å². The molecule has 2 heterocycles. The van der Waals surface area contributed by atoms with Gasteiger partial charge < -0.3 is 25.0 Å². The van der Waals surface area contributed by atoms with Gasteiger partial charge >= 0.3 is 0 Å². The van der Waals surface area contributed by atoms with E-state index in [1.54, 1.807) is 35.2 Å². The molecule has 0 aliphatic carbocycles. The second kappa shape index (κ2) is 11.1. The van der Waals surface area contributed by atoms with E-state index in [1.165, 1.54) is 0 Å². The van der Waals surface area contributed by atoms with Crippen LogP contribution in [0.3, 0.4) is 0 Å². The molecule has 1 fully saturated rings. The molecule has 2 amide bonds. The summed E-state index contributed by atoms with van der Waals surface area (Å²) in [6.07, 6.45) is 2.65. The zero-order chi connectivity index (χ0) is 25.7. The van der Waals surface area contributed by atoms with Crippen molar-refractivity contribution in [1.29, 1.82) is 0 Å². The van der Waals surface area contributed by atoms with Crippen LogP contribution < -0.4 is 20.1 Å². The standard InChI is InChI=1S/C27H31N5O4/c1-18-15-24(36-21-12-10-19(11-13-21)26(28)34)30-27(29-18)23-9-4-5-14-32(23)25(33)17-35-22-8-6-7-20(16-22)31(2)3/h6-8,10-13,15-16,23H,4-5,9,14,17H2,1-3H3,(H2,28,34). The Balaban J connectivity index is 1.48. The van der Waals surface area contributed by atoms with Crippen molar-refractivity contribution in [3.05, 3.63) is 71.7 Å². The van der Waals surface area contributed by atoms with E-state index in [2.05, 4.69) is 9.97 Å². The molecule has 0 saturated carbocycles. The van der Waals surface area contributed by atoms with Gasteiger partial charge in [0.05, 0.1) is 6.04 Å². The number of hydrogen-bond acceptors (Lipinski definition) is 7. The Morgan fingerprint density at radius 2 is 1.83 bits per heavy atom. The third-order valence-electron chi connectivity index (χ3n) is 6.03. The fraction of sp³-hybridized carbons (Fsp3) is 0.333. The summed E-state index contributed by atoms with van der Waals surface area (Å²) in [5.74, 6) is 1.48. The van der Waals surface area contributed by atoms with Gasteiger partial charge in [-0.2, -0.15) is 4.98 Å². The third-order valence-corrected chi connectivity index (χ3v) is 6.03. The molecule has 1 aromatic heterocycles. The number of likely N-dealkylation sites (tertiary alicyclic amines) is 1. The summed E-state index contributed by atoms with van der Waals surface area (Å²) in [4.78, 5) is 37.5. The van der Waals surface area contributed by atoms with Gasteiger partial charge in [0.15, 0.2) is 12.4 Å². The molecule has 4 rings (SSSR count). The number of carbonyl (C=O) groups excluding carboxylic acids is 2. The van der Waals surface area contributed by atoms with E-state index in [9.17, 15) is 9.59 Å². The van der Waals surface area contributed by atoms with Gasteiger partial charge in [-0.15, -0.1) is 0 Å². The molecule has 1 saturated heterocycles. The zero-order valence-electron chi connectivity index (χ0n) is 20.8. The van der Waals surface area contributed by atoms with E-state index in [0.717, 1.165) is 30.6 Å². The number of nitrogens with two attached hydrogens (primary N) is 1. The lowest BCUT2D eigenvalue weighted by Gasteiger charge is -2.34. The minimum Gasteiger partial charge on any atom is -0.484 e. The summed E-state index contributed by atoms with van der Waals surface area (Å²) in [5.41, 5.74) is 7.44. The van der Waals surface area contributed by atoms with E-state index in [0.29, 0.717) is 35.3 Å². The number of aromatic nitrogens is 2. The van der Waals surface area contributed by atoms with Crippen LogP contribution in [-0.4, -0.2) is 53.9 Å². The molecule has 3 aromatic rings. The molecule has 2 aromatic carbocycles. The van der Waals surface area contributed by atoms with Crippen LogP contribution in [0.15, 0.2) is 54.6 Å². The zero-order valence-corrected chi connectivity index (χ0v) is 20.8. The summed E-state index contributed by atoms with van der Waals surface area (Å²) in [7, 11) is 3.91. The number of ether oxygens (including phenoxy) is 2. The smallest absolute Gasteiger partial charge is 0.261 e. The number of amides is 2. The summed E-state index contributed by atoms with van der Waals surface area (Å²) in [6, 6.07) is 15.6. The Labute approximate surface area is 210 Å². The summed E-state index contributed by atoms with van der Waals surface area (Å²) in [6.45, 7) is 2.42. The second-order valence-electron chi connectivity index (χ2n) is 8.98. The van der Waals surface area contributed by atoms with Crippen LogP contribution >= 0.6 is 0 Å². The molecule has 188 valence electrons. The van der Waals surface area contributed by atoms with Crippen molar-refractivity contribution >= 4 is 17.5 Å². The molecule has 2 N–H and O–H groups in total. The minimum absolute atomic E-state index is 0.0607. The normalized spacial score (nSPS) is 15.3. The Hall–Kier alpha value is -4.14. The van der Waals surface area contributed by atoms with Crippen LogP contribution in [0.2, 0.25) is 0 Å². The highest BCUT2D eigenvalue weighted by Gasteiger charge is 2.31. The number of rotatable bonds is 8. The SMILES string of the molecule is Cc1cc(Oc2ccc(C(N)=O)cc2)nc(C2CCCCN2C(=O)COc2cccc(N(C)C)c2)n1. The Kier molecular flexibility index (Phi) is 7.68. The molecule has 9 nitrogen and oxygen atoms in total. The first-order chi connectivity index (χ1) is 17.3. The van der Waals surface area contributed by atoms with Crippen LogP contribution in [0, 0.1) is 6.92 Å². The van der Waals surface area contributed by atoms with Crippen molar-refractivity contribution in [3.63, 3.8) is 0 Å². The summed E-state index contributed by atoms with van der Waals surface area (Å²) in [5, 5.41) is 0. The molecule has 1 aliphatic heterocycles. The van der Waals surface area contributed by atoms with Gasteiger partial charge in [0.2, 0.25) is 11.8 Å². The first-order valence-electron chi connectivity index (χ1n) is 11.9. The number of aryl methyl sites for hydroxylation is 1. The van der Waals surface area contributed by atoms with Crippen molar-refractivity contribution in [2.45, 2.75) is 32.2 Å². The highest BCUT2D eigenvalue weighted by Crippen LogP contribution is 2.31. The van der Waals surface area contributed by atoms with Crippen LogP contribution in [-0.2, 0) is 4.79 Å². The number of primary amides is 1. The van der Waals surface area contributed by atoms with Crippen molar-refractivity contribution < 1.29 is 19.1 Å². The number of hydrogen-bond donors (Lipinski definition) is 1. The van der Waals surface area contributed by atoms with E-state index >= 15 is 0 Å². The lowest BCUT2D eigenvalue weighted by Crippen LogP contribution is -2.41. The first kappa shape index (κ1) is 25.0. The first-order valence-corrected chi connectivity index (χ1v) is 11.9. The molecular weight excluding hydrogens is 458 g/mol. The molecule has 0 bridgehead atoms. The maximum absolute atomic E-state index is 13.2. The maximum atomic E-state index is 13.2. The molecule has 1 unspecified atom stereocenters. The summed E-state index contributed by atoms with van der Waals surface area (Å²) < 4.78 is 11.8. The number of anilines is 1. The monoisotopic (exact) mass is 489 g/mol. The molecule has 36 heavy (non-hydrogen) atoms. The van der Waals surface area contributed by atoms with E-state index in [4.69, 9.17) is 15.2 Å². The molecule has 0 radical (unpaired) electrons. The van der Waals surface area contributed by atoms with Gasteiger partial charge in [-0.05, 0) is 62.6 Å². The number of benzene rings is 2. The van der Waals surface area contributed by atoms with Crippen LogP contribution in [0.25, 0.3) is 0 Å². The lowest BCUT2D eigenvalue weighted by atomic mass is 10.0. The molecule has 0 spiro atoms. The lowest BCUT2D eigenvalue weighted by molar-refractivity contribution is -0.137. The quantitative estimate of drug-likeness (QED) is 0.511. The number of carbonyl (C=O) groups is 2. The van der Waals surface area contributed by atoms with Crippen LogP contribution in [0.4, 0.5) is 5.69 Å². The average molecular weight is 490 g/mol. The van der Waals surface area contributed by atoms with E-state index in [1.807, 2.05) is 50.2 Å². The van der Waals surface area contributed by atoms with Gasteiger partial charge in [-0.25, -0.2) is 4.98 Å². The number of piperidine rings is 1. The Morgan fingerprint density at radius 3 is 2.56 bits per heavy atom. The number of nitrogens with zero attached hydrogens (tertiary/aromatic N) is 4. The summed E-state index contributed by atoms with van der Waals surface area (Å²) >= 11 is 0.